The van der Waals surface area contributed by atoms with Gasteiger partial charge in [-0.25, -0.2) is 8.42 Å². The summed E-state index contributed by atoms with van der Waals surface area (Å²) in [5, 5.41) is -0.216. The van der Waals surface area contributed by atoms with Gasteiger partial charge in [0, 0.05) is 5.69 Å². The number of nitrogen functional groups attached to an aromatic ring is 1. The Morgan fingerprint density at radius 3 is 2.88 bits per heavy atom. The molecule has 0 saturated carbocycles. The predicted molar refractivity (Wildman–Crippen MR) is 65.4 cm³/mol. The molecule has 6 heteroatoms. The number of fused-ring (bicyclic) bond motifs is 1. The molecule has 0 spiro atoms. The molecule has 0 aliphatic carbocycles. The van der Waals surface area contributed by atoms with Crippen LogP contribution in [0.2, 0.25) is 0 Å². The number of benzene rings is 1. The van der Waals surface area contributed by atoms with Gasteiger partial charge >= 0.3 is 5.22 Å². The van der Waals surface area contributed by atoms with Gasteiger partial charge in [0.05, 0.1) is 5.75 Å². The molecule has 0 aliphatic heterocycles. The van der Waals surface area contributed by atoms with Crippen LogP contribution in [0.5, 0.6) is 0 Å². The number of hydrogen-bond acceptors (Lipinski definition) is 5. The Morgan fingerprint density at radius 1 is 1.41 bits per heavy atom. The summed E-state index contributed by atoms with van der Waals surface area (Å²) in [6, 6.07) is 4.87. The lowest BCUT2D eigenvalue weighted by Crippen LogP contribution is -2.06. The highest BCUT2D eigenvalue weighted by molar-refractivity contribution is 7.91. The average molecular weight is 254 g/mol. The molecule has 17 heavy (non-hydrogen) atoms. The van der Waals surface area contributed by atoms with Crippen LogP contribution in [0.3, 0.4) is 0 Å². The zero-order valence-corrected chi connectivity index (χ0v) is 10.3. The first-order valence-corrected chi connectivity index (χ1v) is 7.07. The molecule has 0 amide bonds. The van der Waals surface area contributed by atoms with Gasteiger partial charge in [0.15, 0.2) is 5.58 Å². The van der Waals surface area contributed by atoms with Gasteiger partial charge in [0.2, 0.25) is 9.84 Å². The van der Waals surface area contributed by atoms with Crippen molar-refractivity contribution in [3.05, 3.63) is 18.2 Å². The number of oxazole rings is 1. The fourth-order valence-electron chi connectivity index (χ4n) is 1.48. The summed E-state index contributed by atoms with van der Waals surface area (Å²) >= 11 is 0. The van der Waals surface area contributed by atoms with Crippen molar-refractivity contribution in [1.29, 1.82) is 0 Å². The van der Waals surface area contributed by atoms with E-state index in [1.165, 1.54) is 0 Å². The van der Waals surface area contributed by atoms with Crippen molar-refractivity contribution in [1.82, 2.24) is 4.98 Å². The number of sulfone groups is 1. The first-order valence-electron chi connectivity index (χ1n) is 5.42. The number of nitrogens with two attached hydrogens (primary N) is 1. The normalized spacial score (nSPS) is 12.1. The van der Waals surface area contributed by atoms with Gasteiger partial charge in [-0.1, -0.05) is 13.3 Å². The summed E-state index contributed by atoms with van der Waals surface area (Å²) < 4.78 is 28.9. The van der Waals surface area contributed by atoms with Gasteiger partial charge in [-0.05, 0) is 24.6 Å². The van der Waals surface area contributed by atoms with Gasteiger partial charge in [0.1, 0.15) is 5.52 Å². The van der Waals surface area contributed by atoms with Gasteiger partial charge in [-0.3, -0.25) is 0 Å². The largest absolute Gasteiger partial charge is 0.428 e. The quantitative estimate of drug-likeness (QED) is 0.843. The molecule has 0 saturated heterocycles. The van der Waals surface area contributed by atoms with E-state index >= 15 is 0 Å². The van der Waals surface area contributed by atoms with Crippen LogP contribution in [-0.4, -0.2) is 19.2 Å². The van der Waals surface area contributed by atoms with E-state index in [0.29, 0.717) is 23.2 Å². The Kier molecular flexibility index (Phi) is 3.06. The second-order valence-electron chi connectivity index (χ2n) is 3.88. The molecule has 2 rings (SSSR count). The van der Waals surface area contributed by atoms with Crippen molar-refractivity contribution >= 4 is 26.6 Å². The van der Waals surface area contributed by atoms with E-state index in [0.717, 1.165) is 6.42 Å². The third-order valence-corrected chi connectivity index (χ3v) is 3.96. The number of unbranched alkanes of at least 4 members (excludes halogenated alkanes) is 1. The van der Waals surface area contributed by atoms with E-state index in [4.69, 9.17) is 10.2 Å². The maximum atomic E-state index is 11.9. The number of hydrogen-bond donors (Lipinski definition) is 1. The Balaban J connectivity index is 2.43. The van der Waals surface area contributed by atoms with E-state index in [1.54, 1.807) is 18.2 Å². The molecule has 0 fully saturated rings. The van der Waals surface area contributed by atoms with E-state index < -0.39 is 9.84 Å². The van der Waals surface area contributed by atoms with Crippen molar-refractivity contribution in [2.75, 3.05) is 11.5 Å². The van der Waals surface area contributed by atoms with Crippen molar-refractivity contribution in [3.63, 3.8) is 0 Å². The highest BCUT2D eigenvalue weighted by Gasteiger charge is 2.21. The van der Waals surface area contributed by atoms with Crippen molar-refractivity contribution in [2.45, 2.75) is 25.0 Å². The number of rotatable bonds is 4. The average Bonchev–Trinajstić information content (AvgIpc) is 2.70. The third-order valence-electron chi connectivity index (χ3n) is 2.42. The van der Waals surface area contributed by atoms with Gasteiger partial charge in [0.25, 0.3) is 0 Å². The van der Waals surface area contributed by atoms with Crippen molar-refractivity contribution < 1.29 is 12.8 Å². The first kappa shape index (κ1) is 11.9. The monoisotopic (exact) mass is 254 g/mol. The predicted octanol–water partition coefficient (Wildman–Crippen LogP) is 1.98. The van der Waals surface area contributed by atoms with Crippen LogP contribution in [0.4, 0.5) is 5.69 Å². The second-order valence-corrected chi connectivity index (χ2v) is 5.87. The Labute approximate surface area is 99.6 Å². The molecular formula is C11H14N2O3S. The van der Waals surface area contributed by atoms with Crippen LogP contribution < -0.4 is 5.73 Å². The molecule has 0 atom stereocenters. The summed E-state index contributed by atoms with van der Waals surface area (Å²) in [4.78, 5) is 3.96. The molecule has 2 N–H and O–H groups in total. The summed E-state index contributed by atoms with van der Waals surface area (Å²) in [5.41, 5.74) is 7.03. The maximum absolute atomic E-state index is 11.9. The Bertz CT molecular complexity index is 631. The summed E-state index contributed by atoms with van der Waals surface area (Å²) in [6.45, 7) is 1.93. The smallest absolute Gasteiger partial charge is 0.316 e. The summed E-state index contributed by atoms with van der Waals surface area (Å²) in [5.74, 6) is 0.0613. The maximum Gasteiger partial charge on any atom is 0.316 e. The molecule has 5 nitrogen and oxygen atoms in total. The van der Waals surface area contributed by atoms with Crippen LogP contribution in [0.1, 0.15) is 19.8 Å². The highest BCUT2D eigenvalue weighted by atomic mass is 32.2. The standard InChI is InChI=1S/C11H14N2O3S/c1-2-3-6-17(14,15)11-13-9-7-8(12)4-5-10(9)16-11/h4-5,7H,2-3,6,12H2,1H3. The summed E-state index contributed by atoms with van der Waals surface area (Å²) in [7, 11) is -3.42. The van der Waals surface area contributed by atoms with Crippen LogP contribution in [0.25, 0.3) is 11.1 Å². The number of anilines is 1. The van der Waals surface area contributed by atoms with Gasteiger partial charge in [-0.2, -0.15) is 4.98 Å². The molecule has 0 unspecified atom stereocenters. The minimum Gasteiger partial charge on any atom is -0.428 e. The molecule has 92 valence electrons. The lowest BCUT2D eigenvalue weighted by Gasteiger charge is -1.96. The fourth-order valence-corrected chi connectivity index (χ4v) is 2.78. The summed E-state index contributed by atoms with van der Waals surface area (Å²) in [6.07, 6.45) is 1.41. The minimum atomic E-state index is -3.42. The van der Waals surface area contributed by atoms with Crippen molar-refractivity contribution in [2.24, 2.45) is 0 Å². The lowest BCUT2D eigenvalue weighted by molar-refractivity contribution is 0.457. The lowest BCUT2D eigenvalue weighted by atomic mass is 10.3. The zero-order valence-electron chi connectivity index (χ0n) is 9.51. The van der Waals surface area contributed by atoms with Crippen LogP contribution in [0, 0.1) is 0 Å². The van der Waals surface area contributed by atoms with E-state index in [-0.39, 0.29) is 11.0 Å². The highest BCUT2D eigenvalue weighted by Crippen LogP contribution is 2.22. The Hall–Kier alpha value is -1.56. The van der Waals surface area contributed by atoms with Gasteiger partial charge in [-0.15, -0.1) is 0 Å². The van der Waals surface area contributed by atoms with E-state index in [9.17, 15) is 8.42 Å². The van der Waals surface area contributed by atoms with E-state index in [1.807, 2.05) is 6.92 Å². The molecule has 0 aliphatic rings. The zero-order chi connectivity index (χ0) is 12.5. The minimum absolute atomic E-state index is 0.0613. The fraction of sp³-hybridized carbons (Fsp3) is 0.364. The molecule has 1 aromatic heterocycles. The van der Waals surface area contributed by atoms with Crippen LogP contribution in [-0.2, 0) is 9.84 Å². The van der Waals surface area contributed by atoms with Crippen LogP contribution >= 0.6 is 0 Å². The van der Waals surface area contributed by atoms with Crippen molar-refractivity contribution in [3.8, 4) is 0 Å². The molecule has 1 aromatic carbocycles. The molecule has 1 heterocycles. The molecule has 2 aromatic rings. The van der Waals surface area contributed by atoms with Crippen LogP contribution in [0.15, 0.2) is 27.8 Å². The number of aromatic nitrogens is 1. The van der Waals surface area contributed by atoms with E-state index in [2.05, 4.69) is 4.98 Å². The Morgan fingerprint density at radius 2 is 2.18 bits per heavy atom. The molecule has 0 bridgehead atoms. The van der Waals surface area contributed by atoms with Gasteiger partial charge < -0.3 is 10.2 Å². The number of nitrogens with zero attached hydrogens (tertiary/aromatic N) is 1. The molecular weight excluding hydrogens is 240 g/mol. The molecule has 0 radical (unpaired) electrons. The first-order chi connectivity index (χ1) is 8.03. The SMILES string of the molecule is CCCCS(=O)(=O)c1nc2cc(N)ccc2o1. The topological polar surface area (TPSA) is 86.2 Å². The second kappa shape index (κ2) is 4.37. The third kappa shape index (κ3) is 2.41.